The van der Waals surface area contributed by atoms with Gasteiger partial charge in [0.15, 0.2) is 11.7 Å². The quantitative estimate of drug-likeness (QED) is 0.712. The van der Waals surface area contributed by atoms with Gasteiger partial charge in [-0.1, -0.05) is 52.2 Å². The summed E-state index contributed by atoms with van der Waals surface area (Å²) in [6.07, 6.45) is 0. The maximum absolute atomic E-state index is 12.0. The molecule has 23 heavy (non-hydrogen) atoms. The van der Waals surface area contributed by atoms with Crippen molar-refractivity contribution >= 4 is 55.8 Å². The molecular formula is C16H12Cl2N2O2S. The molecule has 0 radical (unpaired) electrons. The summed E-state index contributed by atoms with van der Waals surface area (Å²) in [7, 11) is 0. The van der Waals surface area contributed by atoms with Crippen LogP contribution < -0.4 is 10.1 Å². The van der Waals surface area contributed by atoms with Crippen LogP contribution in [0.3, 0.4) is 0 Å². The number of hydrogen-bond acceptors (Lipinski definition) is 4. The van der Waals surface area contributed by atoms with Crippen molar-refractivity contribution in [3.63, 3.8) is 0 Å². The van der Waals surface area contributed by atoms with Crippen molar-refractivity contribution in [2.45, 2.75) is 6.92 Å². The van der Waals surface area contributed by atoms with Crippen LogP contribution in [0.15, 0.2) is 36.4 Å². The Morgan fingerprint density at radius 1 is 1.22 bits per heavy atom. The lowest BCUT2D eigenvalue weighted by atomic mass is 10.2. The number of aromatic nitrogens is 1. The summed E-state index contributed by atoms with van der Waals surface area (Å²) in [5, 5.41) is 3.98. The lowest BCUT2D eigenvalue weighted by molar-refractivity contribution is -0.118. The fourth-order valence-corrected chi connectivity index (χ4v) is 3.24. The van der Waals surface area contributed by atoms with E-state index in [0.717, 1.165) is 10.3 Å². The van der Waals surface area contributed by atoms with Crippen molar-refractivity contribution in [1.29, 1.82) is 0 Å². The van der Waals surface area contributed by atoms with E-state index in [9.17, 15) is 4.79 Å². The van der Waals surface area contributed by atoms with Crippen molar-refractivity contribution in [2.75, 3.05) is 11.9 Å². The zero-order valence-corrected chi connectivity index (χ0v) is 14.4. The molecule has 0 bridgehead atoms. The maximum Gasteiger partial charge on any atom is 0.264 e. The largest absolute Gasteiger partial charge is 0.484 e. The summed E-state index contributed by atoms with van der Waals surface area (Å²) in [5.74, 6) is 0.358. The van der Waals surface area contributed by atoms with Crippen LogP contribution in [-0.4, -0.2) is 17.5 Å². The van der Waals surface area contributed by atoms with E-state index in [1.807, 2.05) is 37.3 Å². The number of amides is 1. The first-order valence-corrected chi connectivity index (χ1v) is 8.34. The molecule has 3 aromatic rings. The minimum Gasteiger partial charge on any atom is -0.484 e. The number of hydrogen-bond donors (Lipinski definition) is 1. The monoisotopic (exact) mass is 366 g/mol. The number of halogens is 2. The highest BCUT2D eigenvalue weighted by atomic mass is 35.5. The van der Waals surface area contributed by atoms with E-state index >= 15 is 0 Å². The molecule has 0 fully saturated rings. The van der Waals surface area contributed by atoms with Gasteiger partial charge < -0.3 is 4.74 Å². The van der Waals surface area contributed by atoms with Crippen LogP contribution in [0.5, 0.6) is 5.75 Å². The maximum atomic E-state index is 12.0. The zero-order valence-electron chi connectivity index (χ0n) is 12.1. The number of rotatable bonds is 4. The van der Waals surface area contributed by atoms with Crippen LogP contribution in [0.4, 0.5) is 5.13 Å². The van der Waals surface area contributed by atoms with Crippen molar-refractivity contribution in [1.82, 2.24) is 4.98 Å². The molecule has 0 aliphatic carbocycles. The Hall–Kier alpha value is -1.82. The first-order chi connectivity index (χ1) is 11.0. The number of carbonyl (C=O) groups excluding carboxylic acids is 1. The smallest absolute Gasteiger partial charge is 0.264 e. The molecule has 1 N–H and O–H groups in total. The molecule has 1 heterocycles. The molecule has 7 heteroatoms. The third-order valence-corrected chi connectivity index (χ3v) is 4.82. The second-order valence-electron chi connectivity index (χ2n) is 4.88. The molecule has 118 valence electrons. The Bertz CT molecular complexity index is 862. The number of anilines is 1. The van der Waals surface area contributed by atoms with Crippen LogP contribution >= 0.6 is 34.5 Å². The molecule has 4 nitrogen and oxygen atoms in total. The van der Waals surface area contributed by atoms with E-state index in [2.05, 4.69) is 10.3 Å². The molecule has 1 aromatic heterocycles. The second-order valence-corrected chi connectivity index (χ2v) is 6.69. The fraction of sp³-hybridized carbons (Fsp3) is 0.125. The van der Waals surface area contributed by atoms with Gasteiger partial charge in [0.05, 0.1) is 14.7 Å². The third kappa shape index (κ3) is 3.75. The van der Waals surface area contributed by atoms with Gasteiger partial charge in [0.2, 0.25) is 0 Å². The number of aryl methyl sites for hydroxylation is 1. The van der Waals surface area contributed by atoms with E-state index < -0.39 is 0 Å². The van der Waals surface area contributed by atoms with Crippen molar-refractivity contribution in [2.24, 2.45) is 0 Å². The molecule has 1 amide bonds. The standard InChI is InChI=1S/C16H12Cl2N2O2S/c1-9-2-4-10(5-3-9)22-8-13(21)19-16-20-15-12(23-16)7-6-11(17)14(15)18/h2-7H,8H2,1H3,(H,19,20,21). The highest BCUT2D eigenvalue weighted by Gasteiger charge is 2.12. The predicted octanol–water partition coefficient (Wildman–Crippen LogP) is 4.93. The fourth-order valence-electron chi connectivity index (χ4n) is 1.93. The van der Waals surface area contributed by atoms with Gasteiger partial charge in [-0.15, -0.1) is 0 Å². The Kier molecular flexibility index (Phi) is 4.71. The van der Waals surface area contributed by atoms with Gasteiger partial charge in [-0.2, -0.15) is 0 Å². The molecule has 0 aliphatic rings. The van der Waals surface area contributed by atoms with E-state index in [-0.39, 0.29) is 12.5 Å². The van der Waals surface area contributed by atoms with Crippen LogP contribution in [0.2, 0.25) is 10.0 Å². The molecule has 0 atom stereocenters. The highest BCUT2D eigenvalue weighted by molar-refractivity contribution is 7.22. The molecule has 2 aromatic carbocycles. The summed E-state index contributed by atoms with van der Waals surface area (Å²) < 4.78 is 6.29. The number of carbonyl (C=O) groups is 1. The van der Waals surface area contributed by atoms with E-state index in [4.69, 9.17) is 27.9 Å². The third-order valence-electron chi connectivity index (χ3n) is 3.09. The number of nitrogens with one attached hydrogen (secondary N) is 1. The number of thiazole rings is 1. The highest BCUT2D eigenvalue weighted by Crippen LogP contribution is 2.35. The SMILES string of the molecule is Cc1ccc(OCC(=O)Nc2nc3c(Cl)c(Cl)ccc3s2)cc1. The van der Waals surface area contributed by atoms with Crippen LogP contribution in [0.25, 0.3) is 10.2 Å². The topological polar surface area (TPSA) is 51.2 Å². The summed E-state index contributed by atoms with van der Waals surface area (Å²) in [6, 6.07) is 11.0. The molecule has 0 spiro atoms. The lowest BCUT2D eigenvalue weighted by Gasteiger charge is -2.05. The van der Waals surface area contributed by atoms with Gasteiger partial charge in [-0.25, -0.2) is 4.98 Å². The molecule has 0 saturated carbocycles. The molecular weight excluding hydrogens is 355 g/mol. The van der Waals surface area contributed by atoms with Crippen molar-refractivity contribution in [3.05, 3.63) is 52.0 Å². The molecule has 0 saturated heterocycles. The van der Waals surface area contributed by atoms with Crippen LogP contribution in [0, 0.1) is 6.92 Å². The summed E-state index contributed by atoms with van der Waals surface area (Å²) in [4.78, 5) is 16.2. The van der Waals surface area contributed by atoms with E-state index in [0.29, 0.717) is 26.4 Å². The Balaban J connectivity index is 1.66. The van der Waals surface area contributed by atoms with Crippen molar-refractivity contribution in [3.8, 4) is 5.75 Å². The van der Waals surface area contributed by atoms with Gasteiger partial charge in [0.25, 0.3) is 5.91 Å². The summed E-state index contributed by atoms with van der Waals surface area (Å²) in [5.41, 5.74) is 1.71. The Labute approximate surface area is 147 Å². The van der Waals surface area contributed by atoms with E-state index in [1.54, 1.807) is 6.07 Å². The summed E-state index contributed by atoms with van der Waals surface area (Å²) >= 11 is 13.4. The van der Waals surface area contributed by atoms with Gasteiger partial charge in [-0.3, -0.25) is 10.1 Å². The number of ether oxygens (including phenoxy) is 1. The Morgan fingerprint density at radius 3 is 2.70 bits per heavy atom. The molecule has 3 rings (SSSR count). The van der Waals surface area contributed by atoms with Gasteiger partial charge >= 0.3 is 0 Å². The van der Waals surface area contributed by atoms with Crippen LogP contribution in [-0.2, 0) is 4.79 Å². The zero-order chi connectivity index (χ0) is 16.4. The normalized spacial score (nSPS) is 10.7. The van der Waals surface area contributed by atoms with Gasteiger partial charge in [0.1, 0.15) is 11.3 Å². The average Bonchev–Trinajstić information content (AvgIpc) is 2.94. The predicted molar refractivity (Wildman–Crippen MR) is 94.9 cm³/mol. The van der Waals surface area contributed by atoms with Crippen molar-refractivity contribution < 1.29 is 9.53 Å². The van der Waals surface area contributed by atoms with Crippen LogP contribution in [0.1, 0.15) is 5.56 Å². The number of fused-ring (bicyclic) bond motifs is 1. The second kappa shape index (κ2) is 6.74. The van der Waals surface area contributed by atoms with Gasteiger partial charge in [-0.05, 0) is 31.2 Å². The first-order valence-electron chi connectivity index (χ1n) is 6.77. The minimum absolute atomic E-state index is 0.0898. The average molecular weight is 367 g/mol. The Morgan fingerprint density at radius 2 is 1.96 bits per heavy atom. The number of benzene rings is 2. The molecule has 0 unspecified atom stereocenters. The first kappa shape index (κ1) is 16.1. The molecule has 0 aliphatic heterocycles. The number of nitrogens with zero attached hydrogens (tertiary/aromatic N) is 1. The lowest BCUT2D eigenvalue weighted by Crippen LogP contribution is -2.19. The van der Waals surface area contributed by atoms with E-state index in [1.165, 1.54) is 11.3 Å². The minimum atomic E-state index is -0.285. The summed E-state index contributed by atoms with van der Waals surface area (Å²) in [6.45, 7) is 1.90. The van der Waals surface area contributed by atoms with Gasteiger partial charge in [0, 0.05) is 0 Å².